The monoisotopic (exact) mass is 566 g/mol. The first-order valence-electron chi connectivity index (χ1n) is 11.4. The normalized spacial score (nSPS) is 11.3. The van der Waals surface area contributed by atoms with E-state index in [-0.39, 0.29) is 4.88 Å². The lowest BCUT2D eigenvalue weighted by atomic mass is 10.1. The highest BCUT2D eigenvalue weighted by molar-refractivity contribution is 7.19. The third kappa shape index (κ3) is 4.38. The number of hydrogen-bond acceptors (Lipinski definition) is 3. The minimum Gasteiger partial charge on any atom is -0.203 e. The van der Waals surface area contributed by atoms with E-state index in [1.165, 1.54) is 16.5 Å². The van der Waals surface area contributed by atoms with Gasteiger partial charge in [0.15, 0.2) is 23.3 Å². The van der Waals surface area contributed by atoms with Crippen molar-refractivity contribution < 1.29 is 22.0 Å². The van der Waals surface area contributed by atoms with Crippen LogP contribution < -0.4 is 0 Å². The Morgan fingerprint density at radius 1 is 0.368 bits per heavy atom. The summed E-state index contributed by atoms with van der Waals surface area (Å²) < 4.78 is 69.2. The molecule has 0 amide bonds. The van der Waals surface area contributed by atoms with E-state index in [1.54, 1.807) is 28.7 Å². The van der Waals surface area contributed by atoms with Gasteiger partial charge in [-0.2, -0.15) is 0 Å². The molecule has 0 radical (unpaired) electrons. The highest BCUT2D eigenvalue weighted by atomic mass is 32.1. The molecule has 0 aliphatic carbocycles. The van der Waals surface area contributed by atoms with Crippen molar-refractivity contribution in [3.63, 3.8) is 0 Å². The second-order valence-electron chi connectivity index (χ2n) is 8.40. The number of rotatable bonds is 5. The van der Waals surface area contributed by atoms with Gasteiger partial charge in [-0.3, -0.25) is 0 Å². The Kier molecular flexibility index (Phi) is 6.47. The molecule has 0 saturated carbocycles. The standard InChI is InChI=1S/C30H15F5S3/c31-26-25(27(32)29(34)30(35)28(26)33)24-14-13-23(38-24)19-9-7-18(8-10-19)22-12-11-21(37-22)17-5-3-16(4-6-17)20-2-1-15-36-20/h1-15H. The molecule has 6 aromatic rings. The molecule has 188 valence electrons. The van der Waals surface area contributed by atoms with Gasteiger partial charge in [-0.15, -0.1) is 34.0 Å². The van der Waals surface area contributed by atoms with Gasteiger partial charge >= 0.3 is 0 Å². The smallest absolute Gasteiger partial charge is 0.200 e. The van der Waals surface area contributed by atoms with Crippen LogP contribution in [0.1, 0.15) is 0 Å². The predicted octanol–water partition coefficient (Wildman–Crippen LogP) is 10.9. The number of hydrogen-bond donors (Lipinski definition) is 0. The average molecular weight is 567 g/mol. The highest BCUT2D eigenvalue weighted by Gasteiger charge is 2.27. The molecule has 8 heteroatoms. The molecule has 0 nitrogen and oxygen atoms in total. The largest absolute Gasteiger partial charge is 0.203 e. The van der Waals surface area contributed by atoms with Gasteiger partial charge in [0.05, 0.1) is 5.56 Å². The Balaban J connectivity index is 1.23. The van der Waals surface area contributed by atoms with Crippen LogP contribution in [0.4, 0.5) is 22.0 Å². The van der Waals surface area contributed by atoms with Gasteiger partial charge in [-0.05, 0) is 58.0 Å². The Hall–Kier alpha value is -3.59. The van der Waals surface area contributed by atoms with Gasteiger partial charge in [0.1, 0.15) is 0 Å². The van der Waals surface area contributed by atoms with Crippen LogP contribution in [0, 0.1) is 29.1 Å². The summed E-state index contributed by atoms with van der Waals surface area (Å²) in [6, 6.07) is 27.4. The zero-order chi connectivity index (χ0) is 26.4. The summed E-state index contributed by atoms with van der Waals surface area (Å²) in [5.74, 6) is -9.73. The maximum absolute atomic E-state index is 14.2. The molecule has 3 aromatic heterocycles. The van der Waals surface area contributed by atoms with Crippen molar-refractivity contribution in [3.8, 4) is 52.2 Å². The fourth-order valence-electron chi connectivity index (χ4n) is 4.14. The summed E-state index contributed by atoms with van der Waals surface area (Å²) >= 11 is 4.34. The van der Waals surface area contributed by atoms with Gasteiger partial charge in [0.2, 0.25) is 5.82 Å². The van der Waals surface area contributed by atoms with E-state index in [0.29, 0.717) is 4.88 Å². The highest BCUT2D eigenvalue weighted by Crippen LogP contribution is 2.40. The summed E-state index contributed by atoms with van der Waals surface area (Å²) in [7, 11) is 0. The van der Waals surface area contributed by atoms with Gasteiger partial charge in [0.25, 0.3) is 0 Å². The number of benzene rings is 3. The van der Waals surface area contributed by atoms with Crippen molar-refractivity contribution in [2.75, 3.05) is 0 Å². The minimum absolute atomic E-state index is 0.0372. The van der Waals surface area contributed by atoms with Gasteiger partial charge in [0, 0.05) is 24.4 Å². The van der Waals surface area contributed by atoms with Crippen LogP contribution in [0.25, 0.3) is 52.2 Å². The summed E-state index contributed by atoms with van der Waals surface area (Å²) in [4.78, 5) is 4.07. The van der Waals surface area contributed by atoms with Crippen LogP contribution in [-0.4, -0.2) is 0 Å². The Bertz CT molecular complexity index is 1720. The SMILES string of the molecule is Fc1c(F)c(F)c(-c2ccc(-c3ccc(-c4ccc(-c5ccc(-c6cccs6)cc5)s4)cc3)s2)c(F)c1F. The lowest BCUT2D eigenvalue weighted by molar-refractivity contribution is 0.381. The van der Waals surface area contributed by atoms with Crippen LogP contribution in [0.15, 0.2) is 90.3 Å². The minimum atomic E-state index is -2.16. The topological polar surface area (TPSA) is 0 Å². The molecular weight excluding hydrogens is 552 g/mol. The maximum Gasteiger partial charge on any atom is 0.200 e. The van der Waals surface area contributed by atoms with Crippen LogP contribution in [0.5, 0.6) is 0 Å². The second-order valence-corrected chi connectivity index (χ2v) is 11.5. The van der Waals surface area contributed by atoms with Crippen molar-refractivity contribution >= 4 is 34.0 Å². The molecule has 3 aromatic carbocycles. The summed E-state index contributed by atoms with van der Waals surface area (Å²) in [5, 5.41) is 2.06. The first-order valence-corrected chi connectivity index (χ1v) is 13.9. The van der Waals surface area contributed by atoms with Crippen molar-refractivity contribution in [1.82, 2.24) is 0 Å². The quantitative estimate of drug-likeness (QED) is 0.111. The molecule has 3 heterocycles. The van der Waals surface area contributed by atoms with Gasteiger partial charge in [-0.25, -0.2) is 22.0 Å². The zero-order valence-corrected chi connectivity index (χ0v) is 21.7. The third-order valence-electron chi connectivity index (χ3n) is 6.10. The van der Waals surface area contributed by atoms with Crippen LogP contribution in [-0.2, 0) is 0 Å². The predicted molar refractivity (Wildman–Crippen MR) is 147 cm³/mol. The maximum atomic E-state index is 14.2. The molecule has 0 aliphatic rings. The Morgan fingerprint density at radius 3 is 1.16 bits per heavy atom. The molecule has 0 saturated heterocycles. The lowest BCUT2D eigenvalue weighted by Crippen LogP contribution is -2.03. The molecule has 0 N–H and O–H groups in total. The first-order chi connectivity index (χ1) is 18.4. The second kappa shape index (κ2) is 9.94. The van der Waals surface area contributed by atoms with Crippen molar-refractivity contribution in [1.29, 1.82) is 0 Å². The molecule has 0 aliphatic heterocycles. The molecule has 38 heavy (non-hydrogen) atoms. The van der Waals surface area contributed by atoms with Gasteiger partial charge in [-0.1, -0.05) is 54.6 Å². The van der Waals surface area contributed by atoms with Crippen LogP contribution in [0.2, 0.25) is 0 Å². The molecule has 0 spiro atoms. The van der Waals surface area contributed by atoms with E-state index >= 15 is 0 Å². The summed E-state index contributed by atoms with van der Waals surface area (Å²) in [5.41, 5.74) is 3.20. The summed E-state index contributed by atoms with van der Waals surface area (Å²) in [6.07, 6.45) is 0. The van der Waals surface area contributed by atoms with E-state index in [2.05, 4.69) is 47.8 Å². The van der Waals surface area contributed by atoms with Crippen molar-refractivity contribution in [2.24, 2.45) is 0 Å². The lowest BCUT2D eigenvalue weighted by Gasteiger charge is -2.06. The van der Waals surface area contributed by atoms with Crippen molar-refractivity contribution in [3.05, 3.63) is 119 Å². The van der Waals surface area contributed by atoms with E-state index in [0.717, 1.165) is 37.8 Å². The Labute approximate surface area is 226 Å². The van der Waals surface area contributed by atoms with E-state index in [1.807, 2.05) is 30.3 Å². The molecule has 0 unspecified atom stereocenters. The van der Waals surface area contributed by atoms with Crippen LogP contribution in [0.3, 0.4) is 0 Å². The molecule has 0 fully saturated rings. The summed E-state index contributed by atoms with van der Waals surface area (Å²) in [6.45, 7) is 0. The molecule has 0 bridgehead atoms. The van der Waals surface area contributed by atoms with Crippen molar-refractivity contribution in [2.45, 2.75) is 0 Å². The molecule has 6 rings (SSSR count). The fourth-order valence-corrected chi connectivity index (χ4v) is 6.93. The third-order valence-corrected chi connectivity index (χ3v) is 9.35. The van der Waals surface area contributed by atoms with E-state index in [9.17, 15) is 22.0 Å². The van der Waals surface area contributed by atoms with E-state index < -0.39 is 34.6 Å². The Morgan fingerprint density at radius 2 is 0.737 bits per heavy atom. The molecule has 0 atom stereocenters. The van der Waals surface area contributed by atoms with Gasteiger partial charge < -0.3 is 0 Å². The average Bonchev–Trinajstić information content (AvgIpc) is 3.73. The zero-order valence-electron chi connectivity index (χ0n) is 19.3. The number of halogens is 5. The fraction of sp³-hybridized carbons (Fsp3) is 0. The number of thiophene rings is 3. The van der Waals surface area contributed by atoms with Crippen LogP contribution >= 0.6 is 34.0 Å². The molecular formula is C30H15F5S3. The first kappa shape index (κ1) is 24.7. The van der Waals surface area contributed by atoms with E-state index in [4.69, 9.17) is 0 Å².